The first kappa shape index (κ1) is 17.1. The summed E-state index contributed by atoms with van der Waals surface area (Å²) in [7, 11) is -3.46. The monoisotopic (exact) mass is 372 g/mol. The van der Waals surface area contributed by atoms with Crippen molar-refractivity contribution in [1.29, 1.82) is 0 Å². The van der Waals surface area contributed by atoms with E-state index < -0.39 is 10.4 Å². The van der Waals surface area contributed by atoms with Crippen LogP contribution in [0.15, 0.2) is 41.3 Å². The third-order valence-electron chi connectivity index (χ3n) is 4.63. The van der Waals surface area contributed by atoms with Crippen LogP contribution in [-0.2, 0) is 14.6 Å². The number of hydrogen-bond acceptors (Lipinski definition) is 6. The Morgan fingerprint density at radius 1 is 0.962 bits per heavy atom. The normalized spacial score (nSPS) is 18.2. The van der Waals surface area contributed by atoms with Crippen molar-refractivity contribution in [2.75, 3.05) is 31.1 Å². The Balaban J connectivity index is 1.50. The van der Waals surface area contributed by atoms with E-state index in [1.165, 1.54) is 4.31 Å². The van der Waals surface area contributed by atoms with Gasteiger partial charge >= 0.3 is 0 Å². The zero-order chi connectivity index (χ0) is 18.3. The van der Waals surface area contributed by atoms with Crippen molar-refractivity contribution in [1.82, 2.24) is 24.1 Å². The Morgan fingerprint density at radius 3 is 2.35 bits per heavy atom. The molecule has 136 valence electrons. The fraction of sp³-hybridized carbons (Fsp3) is 0.353. The smallest absolute Gasteiger partial charge is 0.178 e. The lowest BCUT2D eigenvalue weighted by Gasteiger charge is -2.36. The van der Waals surface area contributed by atoms with Crippen LogP contribution in [0, 0.1) is 13.8 Å². The van der Waals surface area contributed by atoms with Gasteiger partial charge in [-0.1, -0.05) is 21.9 Å². The minimum atomic E-state index is -3.46. The van der Waals surface area contributed by atoms with Crippen LogP contribution >= 0.6 is 0 Å². The van der Waals surface area contributed by atoms with Gasteiger partial charge in [-0.25, -0.2) is 0 Å². The second-order valence-electron chi connectivity index (χ2n) is 6.41. The van der Waals surface area contributed by atoms with E-state index in [-0.39, 0.29) is 0 Å². The van der Waals surface area contributed by atoms with Crippen LogP contribution in [-0.4, -0.2) is 54.8 Å². The minimum Gasteiger partial charge on any atom is -0.593 e. The van der Waals surface area contributed by atoms with Gasteiger partial charge < -0.3 is 9.45 Å². The van der Waals surface area contributed by atoms with E-state index in [9.17, 15) is 8.76 Å². The lowest BCUT2D eigenvalue weighted by Crippen LogP contribution is -2.51. The number of rotatable bonds is 3. The highest BCUT2D eigenvalue weighted by atomic mass is 32.3. The Morgan fingerprint density at radius 2 is 1.65 bits per heavy atom. The highest BCUT2D eigenvalue weighted by molar-refractivity contribution is 7.95. The summed E-state index contributed by atoms with van der Waals surface area (Å²) in [5.41, 5.74) is 1.74. The van der Waals surface area contributed by atoms with Gasteiger partial charge in [-0.3, -0.25) is 0 Å². The summed E-state index contributed by atoms with van der Waals surface area (Å²) < 4.78 is 28.8. The highest BCUT2D eigenvalue weighted by Crippen LogP contribution is 2.24. The van der Waals surface area contributed by atoms with E-state index in [1.54, 1.807) is 16.6 Å². The molecule has 0 saturated carbocycles. The summed E-state index contributed by atoms with van der Waals surface area (Å²) >= 11 is 0. The predicted octanol–water partition coefficient (Wildman–Crippen LogP) is 1.47. The molecule has 4 rings (SSSR count). The average Bonchev–Trinajstić information content (AvgIpc) is 3.03. The molecule has 1 unspecified atom stereocenters. The van der Waals surface area contributed by atoms with Gasteiger partial charge in [-0.2, -0.15) is 4.52 Å². The van der Waals surface area contributed by atoms with Crippen LogP contribution in [0.1, 0.15) is 11.4 Å². The van der Waals surface area contributed by atoms with Crippen molar-refractivity contribution in [2.45, 2.75) is 18.7 Å². The number of sulfonamides is 1. The number of fused-ring (bicyclic) bond motifs is 1. The van der Waals surface area contributed by atoms with Gasteiger partial charge in [0.1, 0.15) is 5.82 Å². The van der Waals surface area contributed by atoms with E-state index in [0.29, 0.717) is 36.7 Å². The van der Waals surface area contributed by atoms with Gasteiger partial charge in [0.2, 0.25) is 0 Å². The Bertz CT molecular complexity index is 979. The second-order valence-corrected chi connectivity index (χ2v) is 8.35. The maximum Gasteiger partial charge on any atom is 0.178 e. The van der Waals surface area contributed by atoms with Crippen LogP contribution in [0.4, 0.5) is 5.82 Å². The summed E-state index contributed by atoms with van der Waals surface area (Å²) in [5.74, 6) is 1.52. The van der Waals surface area contributed by atoms with E-state index in [1.807, 2.05) is 38.1 Å². The molecule has 1 aliphatic rings. The SMILES string of the molecule is Cc1ccc([S+](=O)([O-])N2CCN(c3ccc4nnc(C)n4n3)CC2)cc1. The number of anilines is 1. The number of benzene rings is 1. The van der Waals surface area contributed by atoms with E-state index >= 15 is 0 Å². The number of hydrogen-bond donors (Lipinski definition) is 0. The molecule has 3 aromatic rings. The van der Waals surface area contributed by atoms with Crippen LogP contribution in [0.5, 0.6) is 0 Å². The number of aromatic nitrogens is 4. The zero-order valence-electron chi connectivity index (χ0n) is 14.7. The van der Waals surface area contributed by atoms with Gasteiger partial charge in [0.05, 0.1) is 13.1 Å². The fourth-order valence-corrected chi connectivity index (χ4v) is 4.49. The average molecular weight is 372 g/mol. The quantitative estimate of drug-likeness (QED) is 0.647. The Kier molecular flexibility index (Phi) is 4.22. The fourth-order valence-electron chi connectivity index (χ4n) is 3.07. The molecular formula is C17H20N6O2S. The summed E-state index contributed by atoms with van der Waals surface area (Å²) in [4.78, 5) is 2.43. The first-order valence-electron chi connectivity index (χ1n) is 8.46. The maximum absolute atomic E-state index is 12.8. The molecule has 8 nitrogen and oxygen atoms in total. The molecule has 0 spiro atoms. The molecule has 1 atom stereocenters. The summed E-state index contributed by atoms with van der Waals surface area (Å²) in [6.45, 7) is 5.82. The molecule has 0 N–H and O–H groups in total. The number of aryl methyl sites for hydroxylation is 2. The molecule has 9 heteroatoms. The summed E-state index contributed by atoms with van der Waals surface area (Å²) in [6.07, 6.45) is 0. The third-order valence-corrected chi connectivity index (χ3v) is 6.54. The molecule has 1 fully saturated rings. The van der Waals surface area contributed by atoms with E-state index in [2.05, 4.69) is 20.2 Å². The van der Waals surface area contributed by atoms with Crippen LogP contribution in [0.25, 0.3) is 5.65 Å². The van der Waals surface area contributed by atoms with E-state index in [4.69, 9.17) is 0 Å². The van der Waals surface area contributed by atoms with Crippen molar-refractivity contribution < 1.29 is 8.76 Å². The molecule has 1 aliphatic heterocycles. The van der Waals surface area contributed by atoms with Gasteiger partial charge in [0.15, 0.2) is 26.8 Å². The molecule has 0 bridgehead atoms. The predicted molar refractivity (Wildman–Crippen MR) is 97.6 cm³/mol. The number of piperazine rings is 1. The van der Waals surface area contributed by atoms with Crippen LogP contribution in [0.3, 0.4) is 0 Å². The molecule has 2 aromatic heterocycles. The third kappa shape index (κ3) is 2.98. The molecule has 0 radical (unpaired) electrons. The second kappa shape index (κ2) is 6.42. The summed E-state index contributed by atoms with van der Waals surface area (Å²) in [5, 5.41) is 12.6. The topological polar surface area (TPSA) is 89.7 Å². The molecule has 1 saturated heterocycles. The standard InChI is InChI=1S/C17H20N6O2S/c1-13-3-5-15(6-4-13)26(24,25)22-11-9-21(10-12-22)17-8-7-16-19-18-14(2)23(16)20-17/h3-8H,9-12H2,1-2H3. The lowest BCUT2D eigenvalue weighted by atomic mass is 10.2. The van der Waals surface area contributed by atoms with Gasteiger partial charge in [-0.15, -0.1) is 19.6 Å². The van der Waals surface area contributed by atoms with Crippen molar-refractivity contribution in [3.63, 3.8) is 0 Å². The largest absolute Gasteiger partial charge is 0.593 e. The Labute approximate surface area is 152 Å². The minimum absolute atomic E-state index is 0.344. The molecule has 0 aliphatic carbocycles. The molecule has 26 heavy (non-hydrogen) atoms. The molecule has 0 amide bonds. The first-order valence-corrected chi connectivity index (χ1v) is 9.90. The van der Waals surface area contributed by atoms with Gasteiger partial charge in [-0.05, 0) is 38.1 Å². The van der Waals surface area contributed by atoms with Crippen LogP contribution < -0.4 is 4.90 Å². The molecule has 3 heterocycles. The Hall–Kier alpha value is -2.36. The van der Waals surface area contributed by atoms with Gasteiger partial charge in [0, 0.05) is 13.1 Å². The zero-order valence-corrected chi connectivity index (χ0v) is 15.5. The lowest BCUT2D eigenvalue weighted by molar-refractivity contribution is 0.337. The van der Waals surface area contributed by atoms with Crippen molar-refractivity contribution in [2.24, 2.45) is 0 Å². The molecule has 1 aromatic carbocycles. The number of nitrogens with zero attached hydrogens (tertiary/aromatic N) is 6. The van der Waals surface area contributed by atoms with Crippen molar-refractivity contribution >= 4 is 21.9 Å². The molecular weight excluding hydrogens is 352 g/mol. The van der Waals surface area contributed by atoms with Crippen molar-refractivity contribution in [3.8, 4) is 0 Å². The van der Waals surface area contributed by atoms with Crippen LogP contribution in [0.2, 0.25) is 0 Å². The van der Waals surface area contributed by atoms with Crippen molar-refractivity contribution in [3.05, 3.63) is 47.8 Å². The first-order chi connectivity index (χ1) is 12.4. The van der Waals surface area contributed by atoms with Gasteiger partial charge in [0.25, 0.3) is 0 Å². The highest BCUT2D eigenvalue weighted by Gasteiger charge is 2.33. The van der Waals surface area contributed by atoms with E-state index in [0.717, 1.165) is 17.2 Å². The maximum atomic E-state index is 12.8. The summed E-state index contributed by atoms with van der Waals surface area (Å²) in [6, 6.07) is 10.8.